The number of para-hydroxylation sites is 2. The van der Waals surface area contributed by atoms with Gasteiger partial charge in [-0.25, -0.2) is 18.4 Å². The predicted octanol–water partition coefficient (Wildman–Crippen LogP) is 5.36. The Morgan fingerprint density at radius 1 is 0.862 bits per heavy atom. The summed E-state index contributed by atoms with van der Waals surface area (Å²) in [5, 5.41) is 4.92. The summed E-state index contributed by atoms with van der Waals surface area (Å²) >= 11 is 1.15. The molecule has 4 rings (SSSR count). The maximum absolute atomic E-state index is 12.7. The number of hydrogen-bond acceptors (Lipinski definition) is 6. The molecule has 8 heteroatoms. The molecule has 0 fully saturated rings. The predicted molar refractivity (Wildman–Crippen MR) is 118 cm³/mol. The van der Waals surface area contributed by atoms with Gasteiger partial charge in [-0.05, 0) is 47.2 Å². The fourth-order valence-corrected chi connectivity index (χ4v) is 4.84. The quantitative estimate of drug-likeness (QED) is 0.435. The largest absolute Gasteiger partial charge is 0.337 e. The number of nitrogens with zero attached hydrogens (tertiary/aromatic N) is 2. The second kappa shape index (κ2) is 7.81. The van der Waals surface area contributed by atoms with Gasteiger partial charge in [0.1, 0.15) is 4.21 Å². The van der Waals surface area contributed by atoms with Crippen LogP contribution in [0.5, 0.6) is 0 Å². The number of nitrogens with one attached hydrogen (secondary N) is 2. The van der Waals surface area contributed by atoms with Gasteiger partial charge in [0.2, 0.25) is 0 Å². The fraction of sp³-hybridized carbons (Fsp3) is 0.143. The summed E-state index contributed by atoms with van der Waals surface area (Å²) < 4.78 is 28.3. The summed E-state index contributed by atoms with van der Waals surface area (Å²) in [6, 6.07) is 18.6. The lowest BCUT2D eigenvalue weighted by Gasteiger charge is -2.14. The molecule has 0 aliphatic carbocycles. The van der Waals surface area contributed by atoms with E-state index in [1.165, 1.54) is 5.56 Å². The van der Waals surface area contributed by atoms with Gasteiger partial charge in [0.05, 0.1) is 11.0 Å². The van der Waals surface area contributed by atoms with E-state index in [0.29, 0.717) is 22.8 Å². The first-order chi connectivity index (χ1) is 13.9. The Morgan fingerprint density at radius 3 is 2.10 bits per heavy atom. The Labute approximate surface area is 173 Å². The molecule has 0 amide bonds. The fourth-order valence-electron chi connectivity index (χ4n) is 2.84. The van der Waals surface area contributed by atoms with Crippen LogP contribution in [0.15, 0.2) is 70.3 Å². The molecule has 148 valence electrons. The average molecular weight is 425 g/mol. The van der Waals surface area contributed by atoms with Crippen molar-refractivity contribution in [3.63, 3.8) is 0 Å². The Balaban J connectivity index is 1.74. The molecule has 0 saturated carbocycles. The van der Waals surface area contributed by atoms with Crippen molar-refractivity contribution >= 4 is 49.7 Å². The van der Waals surface area contributed by atoms with Crippen molar-refractivity contribution in [3.05, 3.63) is 71.6 Å². The van der Waals surface area contributed by atoms with Gasteiger partial charge in [0.25, 0.3) is 10.0 Å². The summed E-state index contributed by atoms with van der Waals surface area (Å²) in [4.78, 5) is 9.10. The molecule has 0 atom stereocenters. The number of fused-ring (bicyclic) bond motifs is 1. The van der Waals surface area contributed by atoms with Crippen LogP contribution in [0.3, 0.4) is 0 Å². The third-order valence-electron chi connectivity index (χ3n) is 4.40. The summed E-state index contributed by atoms with van der Waals surface area (Å²) in [6.45, 7) is 4.27. The monoisotopic (exact) mass is 424 g/mol. The Morgan fingerprint density at radius 2 is 1.52 bits per heavy atom. The van der Waals surface area contributed by atoms with Crippen LogP contribution in [0.1, 0.15) is 25.3 Å². The lowest BCUT2D eigenvalue weighted by molar-refractivity contribution is 0.603. The van der Waals surface area contributed by atoms with Crippen molar-refractivity contribution in [1.29, 1.82) is 0 Å². The number of rotatable bonds is 6. The summed E-state index contributed by atoms with van der Waals surface area (Å²) in [7, 11) is -3.75. The van der Waals surface area contributed by atoms with Crippen molar-refractivity contribution in [2.75, 3.05) is 10.0 Å². The number of anilines is 3. The number of thiophene rings is 1. The Bertz CT molecular complexity index is 1240. The molecule has 4 aromatic rings. The van der Waals surface area contributed by atoms with Crippen molar-refractivity contribution in [1.82, 2.24) is 9.97 Å². The minimum absolute atomic E-state index is 0.157. The third-order valence-corrected chi connectivity index (χ3v) is 7.14. The molecule has 2 aromatic heterocycles. The van der Waals surface area contributed by atoms with E-state index in [9.17, 15) is 8.42 Å². The molecule has 0 aliphatic rings. The van der Waals surface area contributed by atoms with E-state index in [-0.39, 0.29) is 10.0 Å². The highest BCUT2D eigenvalue weighted by Crippen LogP contribution is 2.28. The zero-order valence-corrected chi connectivity index (χ0v) is 17.6. The van der Waals surface area contributed by atoms with E-state index < -0.39 is 10.0 Å². The first kappa shape index (κ1) is 19.4. The first-order valence-corrected chi connectivity index (χ1v) is 11.5. The number of benzene rings is 2. The highest BCUT2D eigenvalue weighted by atomic mass is 32.2. The molecule has 2 N–H and O–H groups in total. The molecular formula is C21H20N4O2S2. The molecule has 0 unspecified atom stereocenters. The molecule has 2 aromatic carbocycles. The van der Waals surface area contributed by atoms with Gasteiger partial charge < -0.3 is 5.32 Å². The third kappa shape index (κ3) is 4.23. The lowest BCUT2D eigenvalue weighted by Crippen LogP contribution is -2.15. The highest BCUT2D eigenvalue weighted by molar-refractivity contribution is 7.94. The van der Waals surface area contributed by atoms with E-state index in [0.717, 1.165) is 17.0 Å². The summed E-state index contributed by atoms with van der Waals surface area (Å²) in [5.74, 6) is 0.934. The first-order valence-electron chi connectivity index (χ1n) is 9.12. The van der Waals surface area contributed by atoms with E-state index in [4.69, 9.17) is 0 Å². The number of aromatic nitrogens is 2. The molecule has 2 heterocycles. The molecule has 0 bridgehead atoms. The van der Waals surface area contributed by atoms with Crippen LogP contribution in [-0.4, -0.2) is 18.4 Å². The van der Waals surface area contributed by atoms with Crippen LogP contribution < -0.4 is 10.0 Å². The molecular weight excluding hydrogens is 404 g/mol. The molecule has 0 saturated heterocycles. The van der Waals surface area contributed by atoms with Gasteiger partial charge in [-0.15, -0.1) is 11.3 Å². The Hall–Kier alpha value is -2.97. The van der Waals surface area contributed by atoms with Crippen molar-refractivity contribution in [2.45, 2.75) is 24.0 Å². The van der Waals surface area contributed by atoms with Crippen LogP contribution >= 0.6 is 11.3 Å². The summed E-state index contributed by atoms with van der Waals surface area (Å²) in [5.41, 5.74) is 3.30. The highest BCUT2D eigenvalue weighted by Gasteiger charge is 2.19. The van der Waals surface area contributed by atoms with Gasteiger partial charge >= 0.3 is 0 Å². The molecule has 29 heavy (non-hydrogen) atoms. The van der Waals surface area contributed by atoms with Crippen LogP contribution in [0.25, 0.3) is 11.0 Å². The zero-order chi connectivity index (χ0) is 20.4. The van der Waals surface area contributed by atoms with Crippen LogP contribution in [0.2, 0.25) is 0 Å². The minimum Gasteiger partial charge on any atom is -0.337 e. The number of sulfonamides is 1. The second-order valence-electron chi connectivity index (χ2n) is 6.85. The van der Waals surface area contributed by atoms with Crippen molar-refractivity contribution in [2.24, 2.45) is 0 Å². The molecule has 0 aliphatic heterocycles. The molecule has 0 spiro atoms. The van der Waals surface area contributed by atoms with Gasteiger partial charge in [-0.2, -0.15) is 0 Å². The van der Waals surface area contributed by atoms with E-state index in [1.807, 2.05) is 42.5 Å². The van der Waals surface area contributed by atoms with Gasteiger partial charge in [-0.1, -0.05) is 44.2 Å². The molecule has 0 radical (unpaired) electrons. The topological polar surface area (TPSA) is 84.0 Å². The minimum atomic E-state index is -3.75. The number of hydrogen-bond donors (Lipinski definition) is 2. The zero-order valence-electron chi connectivity index (χ0n) is 16.0. The summed E-state index contributed by atoms with van der Waals surface area (Å²) in [6.07, 6.45) is 0. The van der Waals surface area contributed by atoms with Gasteiger partial charge in [-0.3, -0.25) is 4.72 Å². The Kier molecular flexibility index (Phi) is 5.21. The van der Waals surface area contributed by atoms with Crippen LogP contribution in [0, 0.1) is 0 Å². The van der Waals surface area contributed by atoms with Gasteiger partial charge in [0, 0.05) is 5.69 Å². The second-order valence-corrected chi connectivity index (χ2v) is 9.71. The maximum atomic E-state index is 12.7. The van der Waals surface area contributed by atoms with Crippen molar-refractivity contribution < 1.29 is 8.42 Å². The van der Waals surface area contributed by atoms with E-state index >= 15 is 0 Å². The SMILES string of the molecule is CC(C)c1ccc(Nc2nc3ccccc3nc2NS(=O)(=O)c2cccs2)cc1. The van der Waals surface area contributed by atoms with Crippen LogP contribution in [-0.2, 0) is 10.0 Å². The van der Waals surface area contributed by atoms with E-state index in [1.54, 1.807) is 23.6 Å². The average Bonchev–Trinajstić information content (AvgIpc) is 3.24. The molecule has 6 nitrogen and oxygen atoms in total. The lowest BCUT2D eigenvalue weighted by atomic mass is 10.0. The standard InChI is InChI=1S/C21H20N4O2S2/c1-14(2)15-9-11-16(12-10-15)22-20-21(24-18-7-4-3-6-17(18)23-20)25-29(26,27)19-8-5-13-28-19/h3-14H,1-2H3,(H,22,23)(H,24,25). The normalized spacial score (nSPS) is 11.7. The maximum Gasteiger partial charge on any atom is 0.272 e. The van der Waals surface area contributed by atoms with Crippen LogP contribution in [0.4, 0.5) is 17.3 Å². The smallest absolute Gasteiger partial charge is 0.272 e. The van der Waals surface area contributed by atoms with Gasteiger partial charge in [0.15, 0.2) is 11.6 Å². The van der Waals surface area contributed by atoms with Crippen molar-refractivity contribution in [3.8, 4) is 0 Å². The van der Waals surface area contributed by atoms with E-state index in [2.05, 4.69) is 33.9 Å².